The van der Waals surface area contributed by atoms with Crippen LogP contribution in [-0.2, 0) is 4.79 Å². The number of thiazole rings is 1. The number of benzene rings is 3. The van der Waals surface area contributed by atoms with E-state index < -0.39 is 5.91 Å². The lowest BCUT2D eigenvalue weighted by molar-refractivity contribution is -0.119. The molecule has 0 aliphatic rings. The molecule has 4 aromatic rings. The second-order valence-electron chi connectivity index (χ2n) is 7.87. The highest BCUT2D eigenvalue weighted by Crippen LogP contribution is 2.32. The van der Waals surface area contributed by atoms with E-state index >= 15 is 0 Å². The average molecular weight is 643 g/mol. The first-order chi connectivity index (χ1) is 17.8. The number of nitrogens with zero attached hydrogens (tertiary/aromatic N) is 2. The predicted molar refractivity (Wildman–Crippen MR) is 154 cm³/mol. The number of halogens is 2. The monoisotopic (exact) mass is 641 g/mol. The van der Waals surface area contributed by atoms with Crippen LogP contribution in [0, 0.1) is 6.92 Å². The van der Waals surface area contributed by atoms with Gasteiger partial charge >= 0.3 is 0 Å². The smallest absolute Gasteiger partial charge is 0.271 e. The second kappa shape index (κ2) is 12.1. The largest absolute Gasteiger partial charge is 0.482 e. The lowest BCUT2D eigenvalue weighted by Crippen LogP contribution is -2.21. The van der Waals surface area contributed by atoms with Crippen LogP contribution in [0.15, 0.2) is 80.1 Å². The van der Waals surface area contributed by atoms with Crippen molar-refractivity contribution in [1.29, 1.82) is 0 Å². The molecule has 188 valence electrons. The van der Waals surface area contributed by atoms with Crippen LogP contribution in [0.2, 0.25) is 0 Å². The highest BCUT2D eigenvalue weighted by molar-refractivity contribution is 9.11. The fourth-order valence-electron chi connectivity index (χ4n) is 3.21. The number of aromatic nitrogens is 1. The van der Waals surface area contributed by atoms with Crippen LogP contribution in [0.25, 0.3) is 11.3 Å². The first-order valence-electron chi connectivity index (χ1n) is 10.9. The van der Waals surface area contributed by atoms with Crippen molar-refractivity contribution in [3.63, 3.8) is 0 Å². The van der Waals surface area contributed by atoms with Crippen molar-refractivity contribution in [2.75, 3.05) is 11.9 Å². The first kappa shape index (κ1) is 26.5. The molecule has 0 saturated heterocycles. The molecule has 2 amide bonds. The molecule has 1 heterocycles. The van der Waals surface area contributed by atoms with Crippen molar-refractivity contribution in [1.82, 2.24) is 10.4 Å². The molecule has 8 nitrogen and oxygen atoms in total. The van der Waals surface area contributed by atoms with Crippen molar-refractivity contribution < 1.29 is 14.3 Å². The van der Waals surface area contributed by atoms with Crippen molar-refractivity contribution >= 4 is 72.0 Å². The molecule has 0 spiro atoms. The summed E-state index contributed by atoms with van der Waals surface area (Å²) in [5, 5.41) is 10.1. The summed E-state index contributed by atoms with van der Waals surface area (Å²) in [4.78, 5) is 28.3. The maximum absolute atomic E-state index is 12.6. The molecule has 11 heteroatoms. The van der Waals surface area contributed by atoms with E-state index in [0.29, 0.717) is 21.3 Å². The van der Waals surface area contributed by atoms with E-state index in [4.69, 9.17) is 10.5 Å². The Morgan fingerprint density at radius 1 is 1.11 bits per heavy atom. The van der Waals surface area contributed by atoms with Crippen molar-refractivity contribution in [3.05, 3.63) is 91.7 Å². The average Bonchev–Trinajstić information content (AvgIpc) is 3.33. The molecular weight excluding hydrogens is 622 g/mol. The molecule has 0 saturated carbocycles. The Hall–Kier alpha value is -3.54. The van der Waals surface area contributed by atoms with Gasteiger partial charge in [0.05, 0.1) is 16.4 Å². The molecule has 0 radical (unpaired) electrons. The summed E-state index contributed by atoms with van der Waals surface area (Å²) in [7, 11) is 0. The second-order valence-corrected chi connectivity index (χ2v) is 10.5. The Labute approximate surface area is 234 Å². The van der Waals surface area contributed by atoms with Gasteiger partial charge in [-0.1, -0.05) is 45.8 Å². The quantitative estimate of drug-likeness (QED) is 0.153. The highest BCUT2D eigenvalue weighted by atomic mass is 79.9. The first-order valence-corrected chi connectivity index (χ1v) is 13.4. The number of anilines is 2. The fourth-order valence-corrected chi connectivity index (χ4v) is 5.33. The maximum atomic E-state index is 12.6. The molecule has 0 unspecified atom stereocenters. The number of nitrogens with one attached hydrogen (secondary N) is 2. The number of ether oxygens (including phenoxy) is 1. The number of hydrazone groups is 1. The fraction of sp³-hybridized carbons (Fsp3) is 0.0769. The van der Waals surface area contributed by atoms with Gasteiger partial charge in [-0.25, -0.2) is 10.4 Å². The number of amides is 2. The number of carbonyl (C=O) groups is 2. The van der Waals surface area contributed by atoms with Crippen LogP contribution in [0.5, 0.6) is 5.75 Å². The zero-order valence-corrected chi connectivity index (χ0v) is 23.5. The van der Waals surface area contributed by atoms with Gasteiger partial charge in [0.25, 0.3) is 11.8 Å². The topological polar surface area (TPSA) is 119 Å². The molecule has 0 atom stereocenters. The number of carbonyl (C=O) groups excluding carboxylic acids is 2. The van der Waals surface area contributed by atoms with Crippen LogP contribution >= 0.6 is 43.2 Å². The molecule has 37 heavy (non-hydrogen) atoms. The third-order valence-electron chi connectivity index (χ3n) is 5.02. The highest BCUT2D eigenvalue weighted by Gasteiger charge is 2.11. The SMILES string of the molecule is Cc1ccc(Nc2nc(-c3ccc(C(=O)N/N=C/c4cc(Br)cc(Br)c4OCC(N)=O)cc3)cs2)cc1. The summed E-state index contributed by atoms with van der Waals surface area (Å²) >= 11 is 8.29. The molecular formula is C26H21Br2N5O3S. The van der Waals surface area contributed by atoms with Gasteiger partial charge in [-0.3, -0.25) is 9.59 Å². The van der Waals surface area contributed by atoms with E-state index in [9.17, 15) is 9.59 Å². The van der Waals surface area contributed by atoms with Gasteiger partial charge in [-0.2, -0.15) is 5.10 Å². The van der Waals surface area contributed by atoms with E-state index in [1.54, 1.807) is 24.3 Å². The van der Waals surface area contributed by atoms with Crippen LogP contribution < -0.4 is 21.2 Å². The summed E-state index contributed by atoms with van der Waals surface area (Å²) in [6.45, 7) is 1.75. The number of primary amides is 1. The summed E-state index contributed by atoms with van der Waals surface area (Å²) in [5.41, 5.74) is 12.5. The van der Waals surface area contributed by atoms with E-state index in [1.165, 1.54) is 23.1 Å². The van der Waals surface area contributed by atoms with E-state index in [1.807, 2.05) is 48.7 Å². The Bertz CT molecular complexity index is 1450. The van der Waals surface area contributed by atoms with Crippen LogP contribution in [0.3, 0.4) is 0 Å². The van der Waals surface area contributed by atoms with E-state index in [-0.39, 0.29) is 12.5 Å². The standard InChI is InChI=1S/C26H21Br2N5O3S/c1-15-2-8-20(9-3-15)31-26-32-22(14-37-26)16-4-6-17(7-5-16)25(35)33-30-12-18-10-19(27)11-21(28)24(18)36-13-23(29)34/h2-12,14H,13H2,1H3,(H2,29,34)(H,31,32)(H,33,35)/b30-12+. The van der Waals surface area contributed by atoms with Crippen molar-refractivity contribution in [3.8, 4) is 17.0 Å². The number of hydrogen-bond acceptors (Lipinski definition) is 7. The summed E-state index contributed by atoms with van der Waals surface area (Å²) in [6.07, 6.45) is 1.43. The van der Waals surface area contributed by atoms with Crippen LogP contribution in [0.1, 0.15) is 21.5 Å². The molecule has 1 aromatic heterocycles. The van der Waals surface area contributed by atoms with Crippen molar-refractivity contribution in [2.24, 2.45) is 10.8 Å². The minimum absolute atomic E-state index is 0.289. The number of rotatable bonds is 9. The molecule has 0 bridgehead atoms. The molecule has 0 fully saturated rings. The summed E-state index contributed by atoms with van der Waals surface area (Å²) in [5.74, 6) is -0.605. The summed E-state index contributed by atoms with van der Waals surface area (Å²) in [6, 6.07) is 18.7. The summed E-state index contributed by atoms with van der Waals surface area (Å²) < 4.78 is 6.83. The Morgan fingerprint density at radius 2 is 1.84 bits per heavy atom. The normalized spacial score (nSPS) is 10.9. The molecule has 4 rings (SSSR count). The van der Waals surface area contributed by atoms with Gasteiger partial charge in [0.1, 0.15) is 5.75 Å². The van der Waals surface area contributed by atoms with Crippen molar-refractivity contribution in [2.45, 2.75) is 6.92 Å². The Balaban J connectivity index is 1.40. The number of aryl methyl sites for hydroxylation is 1. The minimum atomic E-state index is -0.606. The third-order valence-corrected chi connectivity index (χ3v) is 6.82. The molecule has 3 aromatic carbocycles. The number of hydrogen-bond donors (Lipinski definition) is 3. The zero-order chi connectivity index (χ0) is 26.4. The predicted octanol–water partition coefficient (Wildman–Crippen LogP) is 6.02. The molecule has 0 aliphatic heterocycles. The van der Waals surface area contributed by atoms with E-state index in [0.717, 1.165) is 26.5 Å². The zero-order valence-electron chi connectivity index (χ0n) is 19.5. The van der Waals surface area contributed by atoms with Crippen LogP contribution in [-0.4, -0.2) is 29.6 Å². The van der Waals surface area contributed by atoms with Gasteiger partial charge in [-0.05, 0) is 59.3 Å². The van der Waals surface area contributed by atoms with Crippen LogP contribution in [0.4, 0.5) is 10.8 Å². The third kappa shape index (κ3) is 7.25. The molecule has 0 aliphatic carbocycles. The van der Waals surface area contributed by atoms with Gasteiger partial charge < -0.3 is 15.8 Å². The van der Waals surface area contributed by atoms with Gasteiger partial charge in [0, 0.05) is 32.2 Å². The van der Waals surface area contributed by atoms with E-state index in [2.05, 4.69) is 52.7 Å². The molecule has 4 N–H and O–H groups in total. The lowest BCUT2D eigenvalue weighted by Gasteiger charge is -2.10. The van der Waals surface area contributed by atoms with Gasteiger partial charge in [0.15, 0.2) is 11.7 Å². The van der Waals surface area contributed by atoms with Gasteiger partial charge in [0.2, 0.25) is 0 Å². The lowest BCUT2D eigenvalue weighted by atomic mass is 10.1. The maximum Gasteiger partial charge on any atom is 0.271 e. The Morgan fingerprint density at radius 3 is 2.54 bits per heavy atom. The van der Waals surface area contributed by atoms with Gasteiger partial charge in [-0.15, -0.1) is 11.3 Å². The minimum Gasteiger partial charge on any atom is -0.482 e. The Kier molecular flexibility index (Phi) is 8.70. The number of nitrogens with two attached hydrogens (primary N) is 1.